The first kappa shape index (κ1) is 12.2. The number of aromatic nitrogens is 1. The summed E-state index contributed by atoms with van der Waals surface area (Å²) < 4.78 is 5.71. The van der Waals surface area contributed by atoms with E-state index in [9.17, 15) is 4.79 Å². The quantitative estimate of drug-likeness (QED) is 0.886. The predicted octanol–water partition coefficient (Wildman–Crippen LogP) is 1.72. The van der Waals surface area contributed by atoms with Gasteiger partial charge in [0.1, 0.15) is 6.10 Å². The van der Waals surface area contributed by atoms with Gasteiger partial charge in [0.25, 0.3) is 5.91 Å². The van der Waals surface area contributed by atoms with Crippen molar-refractivity contribution >= 4 is 17.7 Å². The summed E-state index contributed by atoms with van der Waals surface area (Å²) in [6.07, 6.45) is 2.90. The van der Waals surface area contributed by atoms with Crippen molar-refractivity contribution in [2.24, 2.45) is 0 Å². The van der Waals surface area contributed by atoms with E-state index >= 15 is 0 Å². The van der Waals surface area contributed by atoms with E-state index < -0.39 is 0 Å². The zero-order valence-corrected chi connectivity index (χ0v) is 10.6. The molecule has 92 valence electrons. The molecule has 1 amide bonds. The van der Waals surface area contributed by atoms with Crippen LogP contribution in [0.3, 0.4) is 0 Å². The first-order valence-corrected chi connectivity index (χ1v) is 6.93. The lowest BCUT2D eigenvalue weighted by atomic mass is 10.2. The molecule has 1 aliphatic heterocycles. The summed E-state index contributed by atoms with van der Waals surface area (Å²) in [6.45, 7) is 2.51. The van der Waals surface area contributed by atoms with Crippen LogP contribution in [0.1, 0.15) is 23.7 Å². The van der Waals surface area contributed by atoms with Crippen LogP contribution in [0, 0.1) is 0 Å². The van der Waals surface area contributed by atoms with Gasteiger partial charge < -0.3 is 10.1 Å². The SMILES string of the molecule is CCNC(=O)c1ccc(OC2CCSC2)nc1. The highest BCUT2D eigenvalue weighted by atomic mass is 32.2. The highest BCUT2D eigenvalue weighted by molar-refractivity contribution is 7.99. The zero-order valence-electron chi connectivity index (χ0n) is 9.81. The standard InChI is InChI=1S/C12H16N2O2S/c1-2-13-12(15)9-3-4-11(14-7-9)16-10-5-6-17-8-10/h3-4,7,10H,2,5-6,8H2,1H3,(H,13,15). The van der Waals surface area contributed by atoms with Crippen LogP contribution in [0.25, 0.3) is 0 Å². The molecule has 1 N–H and O–H groups in total. The molecule has 17 heavy (non-hydrogen) atoms. The van der Waals surface area contributed by atoms with Crippen LogP contribution in [0.4, 0.5) is 0 Å². The van der Waals surface area contributed by atoms with E-state index in [-0.39, 0.29) is 12.0 Å². The van der Waals surface area contributed by atoms with Crippen LogP contribution in [-0.2, 0) is 0 Å². The number of hydrogen-bond acceptors (Lipinski definition) is 4. The average molecular weight is 252 g/mol. The molecule has 0 saturated carbocycles. The van der Waals surface area contributed by atoms with Crippen LogP contribution in [0.2, 0.25) is 0 Å². The smallest absolute Gasteiger partial charge is 0.252 e. The molecule has 1 aromatic rings. The number of amides is 1. The minimum atomic E-state index is -0.0945. The number of ether oxygens (including phenoxy) is 1. The van der Waals surface area contributed by atoms with Crippen molar-refractivity contribution < 1.29 is 9.53 Å². The summed E-state index contributed by atoms with van der Waals surface area (Å²) in [5.74, 6) is 2.69. The molecule has 1 atom stereocenters. The molecular formula is C12H16N2O2S. The fourth-order valence-corrected chi connectivity index (χ4v) is 2.72. The highest BCUT2D eigenvalue weighted by Crippen LogP contribution is 2.21. The molecule has 0 radical (unpaired) electrons. The Kier molecular flexibility index (Phi) is 4.25. The lowest BCUT2D eigenvalue weighted by Crippen LogP contribution is -2.22. The summed E-state index contributed by atoms with van der Waals surface area (Å²) in [5, 5.41) is 2.73. The molecule has 5 heteroatoms. The Hall–Kier alpha value is -1.23. The van der Waals surface area contributed by atoms with Crippen LogP contribution in [0.5, 0.6) is 5.88 Å². The van der Waals surface area contributed by atoms with Crippen molar-refractivity contribution in [3.63, 3.8) is 0 Å². The monoisotopic (exact) mass is 252 g/mol. The number of hydrogen-bond donors (Lipinski definition) is 1. The number of carbonyl (C=O) groups excluding carboxylic acids is 1. The maximum Gasteiger partial charge on any atom is 0.252 e. The Morgan fingerprint density at radius 1 is 1.65 bits per heavy atom. The largest absolute Gasteiger partial charge is 0.473 e. The average Bonchev–Trinajstić information content (AvgIpc) is 2.83. The van der Waals surface area contributed by atoms with Gasteiger partial charge in [-0.05, 0) is 25.2 Å². The summed E-state index contributed by atoms with van der Waals surface area (Å²) in [7, 11) is 0. The maximum absolute atomic E-state index is 11.5. The van der Waals surface area contributed by atoms with E-state index in [2.05, 4.69) is 10.3 Å². The van der Waals surface area contributed by atoms with Gasteiger partial charge in [0.05, 0.1) is 5.56 Å². The van der Waals surface area contributed by atoms with Gasteiger partial charge in [-0.3, -0.25) is 4.79 Å². The van der Waals surface area contributed by atoms with E-state index in [0.717, 1.165) is 17.9 Å². The lowest BCUT2D eigenvalue weighted by Gasteiger charge is -2.11. The highest BCUT2D eigenvalue weighted by Gasteiger charge is 2.17. The molecular weight excluding hydrogens is 236 g/mol. The number of pyridine rings is 1. The van der Waals surface area contributed by atoms with Crippen LogP contribution in [-0.4, -0.2) is 35.0 Å². The Morgan fingerprint density at radius 2 is 2.53 bits per heavy atom. The van der Waals surface area contributed by atoms with Gasteiger partial charge in [0.2, 0.25) is 5.88 Å². The molecule has 0 aromatic carbocycles. The molecule has 0 bridgehead atoms. The summed E-state index contributed by atoms with van der Waals surface area (Å²) in [5.41, 5.74) is 0.569. The van der Waals surface area contributed by atoms with Gasteiger partial charge in [-0.2, -0.15) is 11.8 Å². The molecule has 2 heterocycles. The topological polar surface area (TPSA) is 51.2 Å². The molecule has 1 fully saturated rings. The van der Waals surface area contributed by atoms with E-state index in [1.54, 1.807) is 18.3 Å². The van der Waals surface area contributed by atoms with Crippen LogP contribution >= 0.6 is 11.8 Å². The van der Waals surface area contributed by atoms with Crippen molar-refractivity contribution in [1.82, 2.24) is 10.3 Å². The van der Waals surface area contributed by atoms with Gasteiger partial charge >= 0.3 is 0 Å². The molecule has 1 aliphatic rings. The molecule has 1 aromatic heterocycles. The number of nitrogens with zero attached hydrogens (tertiary/aromatic N) is 1. The predicted molar refractivity (Wildman–Crippen MR) is 68.6 cm³/mol. The molecule has 1 saturated heterocycles. The number of carbonyl (C=O) groups is 1. The minimum absolute atomic E-state index is 0.0945. The van der Waals surface area contributed by atoms with Crippen molar-refractivity contribution in [3.05, 3.63) is 23.9 Å². The molecule has 0 aliphatic carbocycles. The second-order valence-electron chi connectivity index (χ2n) is 3.85. The molecule has 2 rings (SSSR count). The Morgan fingerprint density at radius 3 is 3.12 bits per heavy atom. The Labute approximate surface area is 105 Å². The summed E-state index contributed by atoms with van der Waals surface area (Å²) in [4.78, 5) is 15.7. The van der Waals surface area contributed by atoms with Crippen molar-refractivity contribution in [2.75, 3.05) is 18.1 Å². The van der Waals surface area contributed by atoms with Crippen LogP contribution in [0.15, 0.2) is 18.3 Å². The van der Waals surface area contributed by atoms with Gasteiger partial charge in [-0.1, -0.05) is 0 Å². The normalized spacial score (nSPS) is 19.0. The van der Waals surface area contributed by atoms with E-state index in [1.807, 2.05) is 18.7 Å². The molecule has 1 unspecified atom stereocenters. The third-order valence-corrected chi connectivity index (χ3v) is 3.64. The second kappa shape index (κ2) is 5.91. The van der Waals surface area contributed by atoms with Crippen molar-refractivity contribution in [2.45, 2.75) is 19.4 Å². The Balaban J connectivity index is 1.94. The fraction of sp³-hybridized carbons (Fsp3) is 0.500. The van der Waals surface area contributed by atoms with Crippen LogP contribution < -0.4 is 10.1 Å². The lowest BCUT2D eigenvalue weighted by molar-refractivity contribution is 0.0955. The number of nitrogens with one attached hydrogen (secondary N) is 1. The van der Waals surface area contributed by atoms with Crippen molar-refractivity contribution in [3.8, 4) is 5.88 Å². The number of thioether (sulfide) groups is 1. The van der Waals surface area contributed by atoms with E-state index in [4.69, 9.17) is 4.74 Å². The fourth-order valence-electron chi connectivity index (χ4n) is 1.62. The second-order valence-corrected chi connectivity index (χ2v) is 5.00. The summed E-state index contributed by atoms with van der Waals surface area (Å²) >= 11 is 1.90. The van der Waals surface area contributed by atoms with Gasteiger partial charge in [0.15, 0.2) is 0 Å². The van der Waals surface area contributed by atoms with E-state index in [1.165, 1.54) is 0 Å². The molecule has 0 spiro atoms. The van der Waals surface area contributed by atoms with Gasteiger partial charge in [0, 0.05) is 24.6 Å². The van der Waals surface area contributed by atoms with Crippen molar-refractivity contribution in [1.29, 1.82) is 0 Å². The minimum Gasteiger partial charge on any atom is -0.473 e. The summed E-state index contributed by atoms with van der Waals surface area (Å²) in [6, 6.07) is 3.50. The maximum atomic E-state index is 11.5. The Bertz CT molecular complexity index is 375. The molecule has 4 nitrogen and oxygen atoms in total. The van der Waals surface area contributed by atoms with Gasteiger partial charge in [-0.25, -0.2) is 4.98 Å². The zero-order chi connectivity index (χ0) is 12.1. The first-order valence-electron chi connectivity index (χ1n) is 5.78. The van der Waals surface area contributed by atoms with E-state index in [0.29, 0.717) is 18.0 Å². The first-order chi connectivity index (χ1) is 8.29. The third-order valence-electron chi connectivity index (χ3n) is 2.51. The van der Waals surface area contributed by atoms with Gasteiger partial charge in [-0.15, -0.1) is 0 Å². The number of rotatable bonds is 4. The third kappa shape index (κ3) is 3.36.